The van der Waals surface area contributed by atoms with Crippen molar-refractivity contribution in [1.82, 2.24) is 4.57 Å². The molecule has 18 heavy (non-hydrogen) atoms. The third-order valence-electron chi connectivity index (χ3n) is 2.95. The Morgan fingerprint density at radius 3 is 2.44 bits per heavy atom. The van der Waals surface area contributed by atoms with Gasteiger partial charge in [0.25, 0.3) is 0 Å². The van der Waals surface area contributed by atoms with Crippen LogP contribution in [0.3, 0.4) is 0 Å². The Kier molecular flexibility index (Phi) is 2.76. The quantitative estimate of drug-likeness (QED) is 0.688. The summed E-state index contributed by atoms with van der Waals surface area (Å²) in [7, 11) is 0.829. The third kappa shape index (κ3) is 1.97. The minimum Gasteiger partial charge on any atom is -0.356 e. The fourth-order valence-corrected chi connectivity index (χ4v) is 3.15. The van der Waals surface area contributed by atoms with E-state index in [0.29, 0.717) is 0 Å². The summed E-state index contributed by atoms with van der Waals surface area (Å²) in [6, 6.07) is 16.0. The van der Waals surface area contributed by atoms with Gasteiger partial charge in [0.15, 0.2) is 0 Å². The van der Waals surface area contributed by atoms with Gasteiger partial charge in [-0.2, -0.15) is 0 Å². The highest BCUT2D eigenvalue weighted by Gasteiger charge is 2.08. The van der Waals surface area contributed by atoms with Gasteiger partial charge in [-0.05, 0) is 29.0 Å². The third-order valence-corrected chi connectivity index (χ3v) is 4.31. The number of rotatable bonds is 2. The molecule has 0 saturated heterocycles. The number of aryl methyl sites for hydroxylation is 1. The second-order valence-corrected chi connectivity index (χ2v) is 5.77. The molecule has 2 nitrogen and oxygen atoms in total. The van der Waals surface area contributed by atoms with E-state index in [4.69, 9.17) is 0 Å². The van der Waals surface area contributed by atoms with Crippen molar-refractivity contribution in [1.29, 1.82) is 0 Å². The molecule has 0 fully saturated rings. The van der Waals surface area contributed by atoms with Crippen molar-refractivity contribution in [3.63, 3.8) is 0 Å². The molecule has 0 saturated carbocycles. The first-order chi connectivity index (χ1) is 8.74. The molecular formula is C15H13NOS. The lowest BCUT2D eigenvalue weighted by molar-refractivity contribution is 0.683. The molecule has 0 aliphatic rings. The first-order valence-electron chi connectivity index (χ1n) is 5.76. The number of aromatic nitrogens is 1. The van der Waals surface area contributed by atoms with Crippen LogP contribution < -0.4 is 0 Å². The highest BCUT2D eigenvalue weighted by atomic mass is 32.2. The van der Waals surface area contributed by atoms with E-state index in [2.05, 4.69) is 6.07 Å². The van der Waals surface area contributed by atoms with E-state index in [1.54, 1.807) is 0 Å². The van der Waals surface area contributed by atoms with E-state index in [1.807, 2.05) is 66.5 Å². The highest BCUT2D eigenvalue weighted by molar-refractivity contribution is 7.85. The van der Waals surface area contributed by atoms with Gasteiger partial charge in [0, 0.05) is 24.3 Å². The van der Waals surface area contributed by atoms with Crippen LogP contribution in [0.2, 0.25) is 0 Å². The van der Waals surface area contributed by atoms with Gasteiger partial charge < -0.3 is 4.57 Å². The van der Waals surface area contributed by atoms with Crippen molar-refractivity contribution in [2.45, 2.75) is 9.79 Å². The van der Waals surface area contributed by atoms with Crippen molar-refractivity contribution < 1.29 is 4.21 Å². The van der Waals surface area contributed by atoms with Gasteiger partial charge in [0.2, 0.25) is 0 Å². The minimum absolute atomic E-state index is 0.841. The predicted octanol–water partition coefficient (Wildman–Crippen LogP) is 3.35. The van der Waals surface area contributed by atoms with Gasteiger partial charge in [-0.3, -0.25) is 0 Å². The largest absolute Gasteiger partial charge is 0.356 e. The smallest absolute Gasteiger partial charge is 0.0865 e. The second-order valence-electron chi connectivity index (χ2n) is 4.29. The molecule has 0 aliphatic carbocycles. The summed E-state index contributed by atoms with van der Waals surface area (Å²) >= 11 is 0. The number of benzene rings is 2. The SMILES string of the molecule is Cn1ccc(S(=O)c2ccc3ccccc3c2)c1. The van der Waals surface area contributed by atoms with E-state index in [9.17, 15) is 4.21 Å². The van der Waals surface area contributed by atoms with E-state index in [1.165, 1.54) is 5.39 Å². The first-order valence-corrected chi connectivity index (χ1v) is 6.91. The van der Waals surface area contributed by atoms with Crippen LogP contribution in [0.1, 0.15) is 0 Å². The Morgan fingerprint density at radius 1 is 0.944 bits per heavy atom. The maximum atomic E-state index is 12.4. The van der Waals surface area contributed by atoms with Crippen LogP contribution in [0.5, 0.6) is 0 Å². The van der Waals surface area contributed by atoms with E-state index < -0.39 is 10.8 Å². The van der Waals surface area contributed by atoms with Crippen molar-refractivity contribution >= 4 is 21.6 Å². The fraction of sp³-hybridized carbons (Fsp3) is 0.0667. The van der Waals surface area contributed by atoms with Crippen LogP contribution >= 0.6 is 0 Å². The molecule has 0 radical (unpaired) electrons. The van der Waals surface area contributed by atoms with Gasteiger partial charge in [0.1, 0.15) is 0 Å². The molecule has 0 amide bonds. The average Bonchev–Trinajstić information content (AvgIpc) is 2.84. The van der Waals surface area contributed by atoms with Crippen molar-refractivity contribution in [2.75, 3.05) is 0 Å². The Morgan fingerprint density at radius 2 is 1.72 bits per heavy atom. The molecule has 0 aliphatic heterocycles. The molecule has 3 heteroatoms. The molecule has 1 unspecified atom stereocenters. The Bertz CT molecular complexity index is 730. The standard InChI is InChI=1S/C15H13NOS/c1-16-9-8-15(11-16)18(17)14-7-6-12-4-2-3-5-13(12)10-14/h2-11H,1H3. The van der Waals surface area contributed by atoms with Crippen molar-refractivity contribution in [3.05, 3.63) is 60.9 Å². The van der Waals surface area contributed by atoms with Gasteiger partial charge in [0.05, 0.1) is 15.7 Å². The number of nitrogens with zero attached hydrogens (tertiary/aromatic N) is 1. The molecule has 90 valence electrons. The lowest BCUT2D eigenvalue weighted by Crippen LogP contribution is -1.91. The summed E-state index contributed by atoms with van der Waals surface area (Å²) in [5, 5.41) is 2.30. The summed E-state index contributed by atoms with van der Waals surface area (Å²) in [6.07, 6.45) is 3.81. The molecule has 1 atom stereocenters. The zero-order valence-corrected chi connectivity index (χ0v) is 10.9. The Hall–Kier alpha value is -1.87. The van der Waals surface area contributed by atoms with Gasteiger partial charge in [-0.15, -0.1) is 0 Å². The minimum atomic E-state index is -1.10. The summed E-state index contributed by atoms with van der Waals surface area (Å²) in [5.74, 6) is 0. The summed E-state index contributed by atoms with van der Waals surface area (Å²) in [5.41, 5.74) is 0. The van der Waals surface area contributed by atoms with Crippen LogP contribution in [-0.2, 0) is 17.8 Å². The van der Waals surface area contributed by atoms with E-state index in [0.717, 1.165) is 15.2 Å². The van der Waals surface area contributed by atoms with Gasteiger partial charge in [-0.25, -0.2) is 4.21 Å². The zero-order chi connectivity index (χ0) is 12.5. The zero-order valence-electron chi connectivity index (χ0n) is 10.0. The van der Waals surface area contributed by atoms with E-state index >= 15 is 0 Å². The van der Waals surface area contributed by atoms with Gasteiger partial charge >= 0.3 is 0 Å². The van der Waals surface area contributed by atoms with Crippen LogP contribution in [0.25, 0.3) is 10.8 Å². The molecule has 0 bridgehead atoms. The summed E-state index contributed by atoms with van der Waals surface area (Å²) < 4.78 is 14.3. The topological polar surface area (TPSA) is 22.0 Å². The monoisotopic (exact) mass is 255 g/mol. The summed E-state index contributed by atoms with van der Waals surface area (Å²) in [6.45, 7) is 0. The Balaban J connectivity index is 2.06. The number of fused-ring (bicyclic) bond motifs is 1. The molecule has 2 aromatic carbocycles. The van der Waals surface area contributed by atoms with Crippen LogP contribution in [0, 0.1) is 0 Å². The summed E-state index contributed by atoms with van der Waals surface area (Å²) in [4.78, 5) is 1.69. The lowest BCUT2D eigenvalue weighted by atomic mass is 10.1. The van der Waals surface area contributed by atoms with Crippen LogP contribution in [0.4, 0.5) is 0 Å². The fourth-order valence-electron chi connectivity index (χ4n) is 2.01. The van der Waals surface area contributed by atoms with Crippen LogP contribution in [0.15, 0.2) is 70.7 Å². The molecular weight excluding hydrogens is 242 g/mol. The molecule has 1 heterocycles. The number of hydrogen-bond donors (Lipinski definition) is 0. The maximum absolute atomic E-state index is 12.4. The normalized spacial score (nSPS) is 12.7. The average molecular weight is 255 g/mol. The number of hydrogen-bond acceptors (Lipinski definition) is 1. The molecule has 0 N–H and O–H groups in total. The van der Waals surface area contributed by atoms with Crippen molar-refractivity contribution in [2.24, 2.45) is 7.05 Å². The molecule has 1 aromatic heterocycles. The van der Waals surface area contributed by atoms with Gasteiger partial charge in [-0.1, -0.05) is 30.3 Å². The van der Waals surface area contributed by atoms with Crippen molar-refractivity contribution in [3.8, 4) is 0 Å². The molecule has 3 aromatic rings. The Labute approximate surface area is 108 Å². The lowest BCUT2D eigenvalue weighted by Gasteiger charge is -2.02. The van der Waals surface area contributed by atoms with E-state index in [-0.39, 0.29) is 0 Å². The predicted molar refractivity (Wildman–Crippen MR) is 74.0 cm³/mol. The molecule has 3 rings (SSSR count). The maximum Gasteiger partial charge on any atom is 0.0865 e. The second kappa shape index (κ2) is 4.42. The molecule has 0 spiro atoms. The first kappa shape index (κ1) is 11.2. The highest BCUT2D eigenvalue weighted by Crippen LogP contribution is 2.21. The van der Waals surface area contributed by atoms with Crippen LogP contribution in [-0.4, -0.2) is 8.78 Å².